The number of aromatic nitrogens is 4. The van der Waals surface area contributed by atoms with E-state index < -0.39 is 28.9 Å². The van der Waals surface area contributed by atoms with E-state index in [4.69, 9.17) is 4.74 Å². The molecule has 2 aromatic carbocycles. The normalized spacial score (nSPS) is 12.8. The number of anilines is 2. The number of amides is 2. The zero-order chi connectivity index (χ0) is 27.8. The maximum Gasteiger partial charge on any atom is 0.267 e. The van der Waals surface area contributed by atoms with E-state index in [1.807, 2.05) is 0 Å². The van der Waals surface area contributed by atoms with E-state index in [1.165, 1.54) is 45.7 Å². The topological polar surface area (TPSA) is 120 Å². The first-order chi connectivity index (χ1) is 19.4. The molecule has 0 spiro atoms. The van der Waals surface area contributed by atoms with Crippen molar-refractivity contribution >= 4 is 29.0 Å². The van der Waals surface area contributed by atoms with Gasteiger partial charge in [0, 0.05) is 41.7 Å². The second-order valence-electron chi connectivity index (χ2n) is 9.12. The van der Waals surface area contributed by atoms with Crippen molar-refractivity contribution in [2.75, 3.05) is 10.6 Å². The largest absolute Gasteiger partial charge is 0.431 e. The SMILES string of the molecule is O=C(Nc1cc(F)c(Oc2ccc3nc(NC(=O)C4CC4)cn3n2)c(F)c1)c1cccn(-c2ccccc2)c1=O. The van der Waals surface area contributed by atoms with Crippen molar-refractivity contribution in [3.05, 3.63) is 107 Å². The number of imidazole rings is 1. The Kier molecular flexibility index (Phi) is 6.27. The maximum atomic E-state index is 14.9. The van der Waals surface area contributed by atoms with Gasteiger partial charge < -0.3 is 15.4 Å². The fourth-order valence-corrected chi connectivity index (χ4v) is 4.04. The first-order valence-corrected chi connectivity index (χ1v) is 12.3. The Bertz CT molecular complexity index is 1810. The lowest BCUT2D eigenvalue weighted by Crippen LogP contribution is -2.27. The summed E-state index contributed by atoms with van der Waals surface area (Å²) in [5.74, 6) is -3.73. The average molecular weight is 543 g/mol. The van der Waals surface area contributed by atoms with Crippen LogP contribution in [0.5, 0.6) is 11.6 Å². The molecule has 12 heteroatoms. The highest BCUT2D eigenvalue weighted by atomic mass is 19.1. The molecule has 1 fully saturated rings. The van der Waals surface area contributed by atoms with E-state index in [0.717, 1.165) is 25.0 Å². The van der Waals surface area contributed by atoms with Crippen molar-refractivity contribution in [1.82, 2.24) is 19.2 Å². The monoisotopic (exact) mass is 542 g/mol. The summed E-state index contributed by atoms with van der Waals surface area (Å²) < 4.78 is 37.7. The van der Waals surface area contributed by atoms with E-state index in [1.54, 1.807) is 30.3 Å². The number of hydrogen-bond donors (Lipinski definition) is 2. The predicted octanol–water partition coefficient (Wildman–Crippen LogP) is 4.55. The molecule has 3 aromatic heterocycles. The van der Waals surface area contributed by atoms with Crippen LogP contribution in [0.15, 0.2) is 83.9 Å². The van der Waals surface area contributed by atoms with Crippen molar-refractivity contribution in [1.29, 1.82) is 0 Å². The molecule has 6 rings (SSSR count). The van der Waals surface area contributed by atoms with Gasteiger partial charge >= 0.3 is 0 Å². The van der Waals surface area contributed by atoms with Gasteiger partial charge in [0.2, 0.25) is 17.5 Å². The lowest BCUT2D eigenvalue weighted by atomic mass is 10.2. The lowest BCUT2D eigenvalue weighted by molar-refractivity contribution is -0.117. The zero-order valence-electron chi connectivity index (χ0n) is 20.7. The summed E-state index contributed by atoms with van der Waals surface area (Å²) in [6, 6.07) is 16.2. The van der Waals surface area contributed by atoms with Gasteiger partial charge in [0.05, 0.1) is 6.20 Å². The van der Waals surface area contributed by atoms with E-state index >= 15 is 0 Å². The Morgan fingerprint density at radius 1 is 0.950 bits per heavy atom. The molecule has 0 atom stereocenters. The van der Waals surface area contributed by atoms with Gasteiger partial charge in [-0.2, -0.15) is 0 Å². The van der Waals surface area contributed by atoms with Crippen LogP contribution in [0.3, 0.4) is 0 Å². The molecule has 1 aliphatic carbocycles. The van der Waals surface area contributed by atoms with Crippen LogP contribution in [0.2, 0.25) is 0 Å². The molecule has 0 bridgehead atoms. The lowest BCUT2D eigenvalue weighted by Gasteiger charge is -2.11. The number of para-hydroxylation sites is 1. The van der Waals surface area contributed by atoms with Gasteiger partial charge in [-0.15, -0.1) is 5.10 Å². The fraction of sp³-hybridized carbons (Fsp3) is 0.107. The molecule has 2 amide bonds. The summed E-state index contributed by atoms with van der Waals surface area (Å²) in [5, 5.41) is 9.19. The fourth-order valence-electron chi connectivity index (χ4n) is 4.04. The Morgan fingerprint density at radius 3 is 2.42 bits per heavy atom. The number of fused-ring (bicyclic) bond motifs is 1. The quantitative estimate of drug-likeness (QED) is 0.311. The van der Waals surface area contributed by atoms with E-state index in [9.17, 15) is 23.2 Å². The Morgan fingerprint density at radius 2 is 1.70 bits per heavy atom. The molecule has 1 aliphatic rings. The van der Waals surface area contributed by atoms with Gasteiger partial charge in [-0.3, -0.25) is 19.0 Å². The maximum absolute atomic E-state index is 14.9. The molecule has 0 saturated heterocycles. The number of rotatable bonds is 7. The van der Waals surface area contributed by atoms with Crippen LogP contribution in [-0.2, 0) is 4.79 Å². The molecule has 1 saturated carbocycles. The molecular weight excluding hydrogens is 522 g/mol. The molecule has 0 unspecified atom stereocenters. The minimum absolute atomic E-state index is 0.00364. The summed E-state index contributed by atoms with van der Waals surface area (Å²) in [6.45, 7) is 0. The van der Waals surface area contributed by atoms with Gasteiger partial charge in [0.25, 0.3) is 11.5 Å². The minimum Gasteiger partial charge on any atom is -0.431 e. The van der Waals surface area contributed by atoms with Crippen molar-refractivity contribution in [2.45, 2.75) is 12.8 Å². The summed E-state index contributed by atoms with van der Waals surface area (Å²) in [4.78, 5) is 41.9. The van der Waals surface area contributed by atoms with Crippen molar-refractivity contribution in [3.63, 3.8) is 0 Å². The molecule has 10 nitrogen and oxygen atoms in total. The number of hydrogen-bond acceptors (Lipinski definition) is 6. The number of carbonyl (C=O) groups is 2. The molecule has 200 valence electrons. The molecule has 5 aromatic rings. The zero-order valence-corrected chi connectivity index (χ0v) is 20.7. The van der Waals surface area contributed by atoms with Crippen LogP contribution in [0.4, 0.5) is 20.3 Å². The standard InChI is InChI=1S/C28H20F2N6O4/c29-20-13-17(31-27(38)19-7-4-12-35(28(19)39)18-5-2-1-3-6-18)14-21(30)25(20)40-24-11-10-23-32-22(15-36(23)34-24)33-26(37)16-8-9-16/h1-7,10-16H,8-9H2,(H,31,38)(H,33,37). The van der Waals surface area contributed by atoms with Crippen LogP contribution in [0, 0.1) is 17.6 Å². The average Bonchev–Trinajstić information content (AvgIpc) is 3.72. The van der Waals surface area contributed by atoms with Crippen LogP contribution >= 0.6 is 0 Å². The smallest absolute Gasteiger partial charge is 0.267 e. The van der Waals surface area contributed by atoms with Crippen molar-refractivity contribution in [3.8, 4) is 17.3 Å². The van der Waals surface area contributed by atoms with Gasteiger partial charge in [0.15, 0.2) is 23.1 Å². The van der Waals surface area contributed by atoms with Gasteiger partial charge in [0.1, 0.15) is 5.56 Å². The van der Waals surface area contributed by atoms with Crippen molar-refractivity contribution < 1.29 is 23.1 Å². The van der Waals surface area contributed by atoms with Crippen molar-refractivity contribution in [2.24, 2.45) is 5.92 Å². The highest BCUT2D eigenvalue weighted by Gasteiger charge is 2.30. The summed E-state index contributed by atoms with van der Waals surface area (Å²) in [6.07, 6.45) is 4.66. The van der Waals surface area contributed by atoms with E-state index in [2.05, 4.69) is 20.7 Å². The Balaban J connectivity index is 1.19. The number of ether oxygens (including phenoxy) is 1. The number of pyridine rings is 1. The molecule has 40 heavy (non-hydrogen) atoms. The van der Waals surface area contributed by atoms with Crippen LogP contribution in [-0.4, -0.2) is 31.0 Å². The second kappa shape index (κ2) is 10.1. The van der Waals surface area contributed by atoms with Crippen LogP contribution in [0.25, 0.3) is 11.3 Å². The summed E-state index contributed by atoms with van der Waals surface area (Å²) in [7, 11) is 0. The third-order valence-corrected chi connectivity index (χ3v) is 6.18. The first-order valence-electron chi connectivity index (χ1n) is 12.3. The van der Waals surface area contributed by atoms with E-state index in [0.29, 0.717) is 17.2 Å². The van der Waals surface area contributed by atoms with E-state index in [-0.39, 0.29) is 29.0 Å². The Hall–Kier alpha value is -5.39. The summed E-state index contributed by atoms with van der Waals surface area (Å²) >= 11 is 0. The van der Waals surface area contributed by atoms with Crippen LogP contribution in [0.1, 0.15) is 23.2 Å². The molecule has 0 aliphatic heterocycles. The number of nitrogens with zero attached hydrogens (tertiary/aromatic N) is 4. The third kappa shape index (κ3) is 5.01. The summed E-state index contributed by atoms with van der Waals surface area (Å²) in [5.41, 5.74) is -0.0653. The van der Waals surface area contributed by atoms with Crippen LogP contribution < -0.4 is 20.9 Å². The van der Waals surface area contributed by atoms with Gasteiger partial charge in [-0.1, -0.05) is 18.2 Å². The second-order valence-corrected chi connectivity index (χ2v) is 9.12. The predicted molar refractivity (Wildman–Crippen MR) is 141 cm³/mol. The number of halogens is 2. The minimum atomic E-state index is -1.10. The number of benzene rings is 2. The molecule has 0 radical (unpaired) electrons. The number of nitrogens with one attached hydrogen (secondary N) is 2. The number of carbonyl (C=O) groups excluding carboxylic acids is 2. The first kappa shape index (κ1) is 24.9. The third-order valence-electron chi connectivity index (χ3n) is 6.18. The highest BCUT2D eigenvalue weighted by molar-refractivity contribution is 6.04. The van der Waals surface area contributed by atoms with Gasteiger partial charge in [-0.25, -0.2) is 18.3 Å². The Labute approximate surface area is 224 Å². The highest BCUT2D eigenvalue weighted by Crippen LogP contribution is 2.31. The molecule has 3 heterocycles. The van der Waals surface area contributed by atoms with Gasteiger partial charge in [-0.05, 0) is 43.2 Å². The molecule has 2 N–H and O–H groups in total. The molecular formula is C28H20F2N6O4.